The maximum absolute atomic E-state index is 13.1. The summed E-state index contributed by atoms with van der Waals surface area (Å²) in [6.45, 7) is -0.591. The van der Waals surface area contributed by atoms with Crippen LogP contribution in [0.25, 0.3) is 0 Å². The van der Waals surface area contributed by atoms with Gasteiger partial charge in [0.25, 0.3) is 11.8 Å². The monoisotopic (exact) mass is 678 g/mol. The number of benzene rings is 2. The van der Waals surface area contributed by atoms with Crippen molar-refractivity contribution in [2.45, 2.75) is 25.1 Å². The lowest BCUT2D eigenvalue weighted by Gasteiger charge is -2.40. The van der Waals surface area contributed by atoms with Crippen molar-refractivity contribution in [1.29, 1.82) is 10.8 Å². The molecule has 16 nitrogen and oxygen atoms in total. The number of carbonyl (C=O) groups excluding carboxylic acids is 4. The Morgan fingerprint density at radius 1 is 0.812 bits per heavy atom. The van der Waals surface area contributed by atoms with Gasteiger partial charge in [-0.2, -0.15) is 13.2 Å². The van der Waals surface area contributed by atoms with Gasteiger partial charge in [-0.25, -0.2) is 4.79 Å². The molecule has 1 aliphatic heterocycles. The van der Waals surface area contributed by atoms with Gasteiger partial charge in [-0.3, -0.25) is 34.8 Å². The van der Waals surface area contributed by atoms with E-state index < -0.39 is 48.4 Å². The van der Waals surface area contributed by atoms with E-state index in [-0.39, 0.29) is 55.7 Å². The van der Waals surface area contributed by atoms with Gasteiger partial charge < -0.3 is 42.1 Å². The van der Waals surface area contributed by atoms with Crippen LogP contribution in [-0.2, 0) is 19.2 Å². The van der Waals surface area contributed by atoms with Gasteiger partial charge in [-0.15, -0.1) is 0 Å². The number of amidine groups is 2. The maximum atomic E-state index is 13.1. The average molecular weight is 679 g/mol. The van der Waals surface area contributed by atoms with E-state index in [1.807, 2.05) is 0 Å². The molecule has 2 aromatic carbocycles. The van der Waals surface area contributed by atoms with Crippen LogP contribution >= 0.6 is 0 Å². The van der Waals surface area contributed by atoms with E-state index in [4.69, 9.17) is 32.2 Å². The van der Waals surface area contributed by atoms with Crippen LogP contribution in [0, 0.1) is 10.8 Å². The Morgan fingerprint density at radius 2 is 1.25 bits per heavy atom. The summed E-state index contributed by atoms with van der Waals surface area (Å²) in [5.41, 5.74) is 12.4. The molecule has 1 heterocycles. The molecular formula is C29H33F3N8O8. The number of nitrogen functional groups attached to an aromatic ring is 2. The molecule has 0 saturated carbocycles. The lowest BCUT2D eigenvalue weighted by atomic mass is 10.0. The predicted molar refractivity (Wildman–Crippen MR) is 162 cm³/mol. The van der Waals surface area contributed by atoms with E-state index in [1.165, 1.54) is 46.2 Å². The summed E-state index contributed by atoms with van der Waals surface area (Å²) in [5.74, 6) is -6.13. The zero-order chi connectivity index (χ0) is 36.2. The Kier molecular flexibility index (Phi) is 13.6. The summed E-state index contributed by atoms with van der Waals surface area (Å²) in [6, 6.07) is 11.2. The second-order valence-corrected chi connectivity index (χ2v) is 10.1. The summed E-state index contributed by atoms with van der Waals surface area (Å²) in [7, 11) is 0. The quantitative estimate of drug-likeness (QED) is 0.0842. The molecule has 1 aliphatic rings. The number of nitrogens with zero attached hydrogens (tertiary/aromatic N) is 2. The standard InChI is InChI=1S/C27H32N8O6.C2HF3O2/c28-23(29)16-3-7-18(8-4-16)25(39)32-11-1-2-20-27(41)34(15-22(37)38)12-13-35(20)21(36)14-33-26(40)19-9-5-17(6-10-19)24(30)31;3-2(4,5)1(6)7/h3-10,20H,1-2,11-15H2,(H3,28,29)(H3,30,31)(H,32,39)(H,33,40)(H,37,38);(H,6,7)/t20-;/m0./s1. The molecule has 0 bridgehead atoms. The van der Waals surface area contributed by atoms with Gasteiger partial charge in [0.05, 0.1) is 6.54 Å². The third kappa shape index (κ3) is 11.4. The molecule has 0 aliphatic carbocycles. The maximum Gasteiger partial charge on any atom is 0.490 e. The number of nitrogens with one attached hydrogen (secondary N) is 4. The first kappa shape index (κ1) is 38.2. The van der Waals surface area contributed by atoms with Crippen molar-refractivity contribution in [3.63, 3.8) is 0 Å². The number of halogens is 3. The second-order valence-electron chi connectivity index (χ2n) is 10.1. The Hall–Kier alpha value is -6.01. The highest BCUT2D eigenvalue weighted by atomic mass is 19.4. The Morgan fingerprint density at radius 3 is 1.67 bits per heavy atom. The third-order valence-corrected chi connectivity index (χ3v) is 6.73. The average Bonchev–Trinajstić information content (AvgIpc) is 3.02. The molecule has 0 aromatic heterocycles. The smallest absolute Gasteiger partial charge is 0.480 e. The molecule has 48 heavy (non-hydrogen) atoms. The topological polar surface area (TPSA) is 273 Å². The predicted octanol–water partition coefficient (Wildman–Crippen LogP) is -0.0480. The summed E-state index contributed by atoms with van der Waals surface area (Å²) >= 11 is 0. The lowest BCUT2D eigenvalue weighted by Crippen LogP contribution is -2.60. The number of aliphatic carboxylic acids is 2. The number of hydrogen-bond acceptors (Lipinski definition) is 8. The van der Waals surface area contributed by atoms with E-state index in [9.17, 15) is 42.3 Å². The molecule has 2 aromatic rings. The molecule has 19 heteroatoms. The van der Waals surface area contributed by atoms with Crippen molar-refractivity contribution >= 4 is 47.2 Å². The fourth-order valence-electron chi connectivity index (χ4n) is 4.30. The van der Waals surface area contributed by atoms with Crippen LogP contribution in [0.3, 0.4) is 0 Å². The van der Waals surface area contributed by atoms with Crippen LogP contribution in [0.15, 0.2) is 48.5 Å². The normalized spacial score (nSPS) is 14.2. The highest BCUT2D eigenvalue weighted by Crippen LogP contribution is 2.17. The van der Waals surface area contributed by atoms with Crippen LogP contribution in [0.5, 0.6) is 0 Å². The van der Waals surface area contributed by atoms with E-state index >= 15 is 0 Å². The fraction of sp³-hybridized carbons (Fsp3) is 0.310. The van der Waals surface area contributed by atoms with Gasteiger partial charge in [0, 0.05) is 41.9 Å². The largest absolute Gasteiger partial charge is 0.490 e. The van der Waals surface area contributed by atoms with E-state index in [0.717, 1.165) is 0 Å². The highest BCUT2D eigenvalue weighted by molar-refractivity contribution is 6.00. The summed E-state index contributed by atoms with van der Waals surface area (Å²) in [4.78, 5) is 73.7. The van der Waals surface area contributed by atoms with Gasteiger partial charge >= 0.3 is 18.1 Å². The van der Waals surface area contributed by atoms with Gasteiger partial charge in [-0.05, 0) is 37.1 Å². The van der Waals surface area contributed by atoms with Crippen LogP contribution in [-0.4, -0.2) is 112 Å². The number of hydrogen-bond donors (Lipinski definition) is 8. The summed E-state index contributed by atoms with van der Waals surface area (Å²) in [5, 5.41) is 36.4. The molecule has 0 unspecified atom stereocenters. The number of amides is 4. The zero-order valence-electron chi connectivity index (χ0n) is 25.2. The first-order valence-electron chi connectivity index (χ1n) is 14.0. The molecule has 4 amide bonds. The van der Waals surface area contributed by atoms with Crippen LogP contribution in [0.4, 0.5) is 13.2 Å². The van der Waals surface area contributed by atoms with Crippen molar-refractivity contribution in [2.24, 2.45) is 11.5 Å². The molecule has 1 saturated heterocycles. The van der Waals surface area contributed by atoms with Gasteiger partial charge in [-0.1, -0.05) is 24.3 Å². The van der Waals surface area contributed by atoms with E-state index in [2.05, 4.69) is 10.6 Å². The van der Waals surface area contributed by atoms with Crippen molar-refractivity contribution in [3.8, 4) is 0 Å². The van der Waals surface area contributed by atoms with Gasteiger partial charge in [0.2, 0.25) is 11.8 Å². The number of nitrogens with two attached hydrogens (primary N) is 2. The Balaban J connectivity index is 0.00000103. The van der Waals surface area contributed by atoms with Crippen molar-refractivity contribution in [2.75, 3.05) is 32.7 Å². The third-order valence-electron chi connectivity index (χ3n) is 6.73. The molecular weight excluding hydrogens is 645 g/mol. The molecule has 0 radical (unpaired) electrons. The lowest BCUT2D eigenvalue weighted by molar-refractivity contribution is -0.192. The number of alkyl halides is 3. The number of rotatable bonds is 12. The van der Waals surface area contributed by atoms with Gasteiger partial charge in [0.1, 0.15) is 24.3 Å². The minimum Gasteiger partial charge on any atom is -0.480 e. The first-order chi connectivity index (χ1) is 22.4. The SMILES string of the molecule is N=C(N)c1ccc(C(=O)NCCC[C@H]2C(=O)N(CC(=O)O)CCN2C(=O)CNC(=O)c2ccc(C(=N)N)cc2)cc1.O=C(O)C(F)(F)F. The first-order valence-corrected chi connectivity index (χ1v) is 14.0. The van der Waals surface area contributed by atoms with E-state index in [1.54, 1.807) is 12.1 Å². The van der Waals surface area contributed by atoms with Crippen LogP contribution < -0.4 is 22.1 Å². The molecule has 1 atom stereocenters. The fourth-order valence-corrected chi connectivity index (χ4v) is 4.30. The highest BCUT2D eigenvalue weighted by Gasteiger charge is 2.39. The number of carbonyl (C=O) groups is 6. The summed E-state index contributed by atoms with van der Waals surface area (Å²) < 4.78 is 31.7. The second kappa shape index (κ2) is 17.1. The van der Waals surface area contributed by atoms with Crippen molar-refractivity contribution in [3.05, 3.63) is 70.8 Å². The molecule has 0 spiro atoms. The van der Waals surface area contributed by atoms with Crippen molar-refractivity contribution < 1.29 is 52.2 Å². The molecule has 10 N–H and O–H groups in total. The Bertz CT molecular complexity index is 1550. The zero-order valence-corrected chi connectivity index (χ0v) is 25.2. The molecule has 3 rings (SSSR count). The van der Waals surface area contributed by atoms with Crippen molar-refractivity contribution in [1.82, 2.24) is 20.4 Å². The van der Waals surface area contributed by atoms with Gasteiger partial charge in [0.15, 0.2) is 0 Å². The molecule has 1 fully saturated rings. The Labute approximate surface area is 270 Å². The number of carboxylic acids is 2. The number of piperazine rings is 1. The van der Waals surface area contributed by atoms with E-state index in [0.29, 0.717) is 23.1 Å². The van der Waals surface area contributed by atoms with Crippen LogP contribution in [0.1, 0.15) is 44.7 Å². The minimum absolute atomic E-state index is 0.0286. The molecule has 258 valence electrons. The minimum atomic E-state index is -5.08. The van der Waals surface area contributed by atoms with Crippen LogP contribution in [0.2, 0.25) is 0 Å². The number of carboxylic acid groups (broad SMARTS) is 2. The summed E-state index contributed by atoms with van der Waals surface area (Å²) in [6.07, 6.45) is -4.61.